The first kappa shape index (κ1) is 13.9. The van der Waals surface area contributed by atoms with Gasteiger partial charge in [-0.1, -0.05) is 31.5 Å². The molecule has 19 heavy (non-hydrogen) atoms. The van der Waals surface area contributed by atoms with E-state index >= 15 is 0 Å². The van der Waals surface area contributed by atoms with Crippen LogP contribution in [0.3, 0.4) is 0 Å². The fourth-order valence-electron chi connectivity index (χ4n) is 2.85. The molecule has 1 aliphatic carbocycles. The highest BCUT2D eigenvalue weighted by Crippen LogP contribution is 2.28. The van der Waals surface area contributed by atoms with Crippen LogP contribution in [-0.2, 0) is 11.2 Å². The van der Waals surface area contributed by atoms with E-state index in [4.69, 9.17) is 5.11 Å². The van der Waals surface area contributed by atoms with E-state index in [-0.39, 0.29) is 5.92 Å². The summed E-state index contributed by atoms with van der Waals surface area (Å²) < 4.78 is 0. The lowest BCUT2D eigenvalue weighted by atomic mass is 9.86. The molecule has 2 N–H and O–H groups in total. The first-order chi connectivity index (χ1) is 9.20. The van der Waals surface area contributed by atoms with Crippen LogP contribution in [-0.4, -0.2) is 17.1 Å². The molecular formula is C16H23NO2. The smallest absolute Gasteiger partial charge is 0.306 e. The van der Waals surface area contributed by atoms with Crippen molar-refractivity contribution in [3.8, 4) is 0 Å². The molecule has 1 saturated carbocycles. The molecule has 1 fully saturated rings. The summed E-state index contributed by atoms with van der Waals surface area (Å²) in [7, 11) is 0. The Morgan fingerprint density at radius 2 is 1.95 bits per heavy atom. The minimum atomic E-state index is -0.634. The number of carbonyl (C=O) groups is 1. The third-order valence-electron chi connectivity index (χ3n) is 3.97. The van der Waals surface area contributed by atoms with Crippen LogP contribution in [0.15, 0.2) is 24.3 Å². The molecule has 2 rings (SSSR count). The van der Waals surface area contributed by atoms with Crippen LogP contribution in [0.4, 0.5) is 5.69 Å². The number of para-hydroxylation sites is 1. The molecular weight excluding hydrogens is 238 g/mol. The standard InChI is InChI=1S/C16H23NO2/c1-2-5-12-6-3-4-7-15(12)17-14-10-8-13(9-11-14)16(18)19/h3-4,6-7,13-14,17H,2,5,8-11H2,1H3,(H,18,19). The summed E-state index contributed by atoms with van der Waals surface area (Å²) in [4.78, 5) is 10.9. The van der Waals surface area contributed by atoms with Gasteiger partial charge in [0.05, 0.1) is 5.92 Å². The Hall–Kier alpha value is -1.51. The highest BCUT2D eigenvalue weighted by Gasteiger charge is 2.25. The normalized spacial score (nSPS) is 23.0. The number of anilines is 1. The number of nitrogens with one attached hydrogen (secondary N) is 1. The predicted molar refractivity (Wildman–Crippen MR) is 77.4 cm³/mol. The zero-order valence-corrected chi connectivity index (χ0v) is 11.6. The quantitative estimate of drug-likeness (QED) is 0.849. The zero-order valence-electron chi connectivity index (χ0n) is 11.6. The fourth-order valence-corrected chi connectivity index (χ4v) is 2.85. The molecule has 1 aromatic rings. The van der Waals surface area contributed by atoms with Crippen molar-refractivity contribution in [3.63, 3.8) is 0 Å². The van der Waals surface area contributed by atoms with Gasteiger partial charge in [-0.05, 0) is 43.7 Å². The van der Waals surface area contributed by atoms with Crippen molar-refractivity contribution < 1.29 is 9.90 Å². The predicted octanol–water partition coefficient (Wildman–Crippen LogP) is 3.69. The SMILES string of the molecule is CCCc1ccccc1NC1CCC(C(=O)O)CC1. The van der Waals surface area contributed by atoms with Crippen molar-refractivity contribution >= 4 is 11.7 Å². The Labute approximate surface area is 115 Å². The third-order valence-corrected chi connectivity index (χ3v) is 3.97. The maximum atomic E-state index is 10.9. The molecule has 1 aliphatic rings. The number of aryl methyl sites for hydroxylation is 1. The molecule has 0 aromatic heterocycles. The Balaban J connectivity index is 1.93. The van der Waals surface area contributed by atoms with Gasteiger partial charge in [0.1, 0.15) is 0 Å². The number of hydrogen-bond acceptors (Lipinski definition) is 2. The van der Waals surface area contributed by atoms with Crippen molar-refractivity contribution in [3.05, 3.63) is 29.8 Å². The van der Waals surface area contributed by atoms with Crippen LogP contribution in [0.25, 0.3) is 0 Å². The number of benzene rings is 1. The van der Waals surface area contributed by atoms with E-state index in [0.29, 0.717) is 6.04 Å². The second-order valence-electron chi connectivity index (χ2n) is 5.44. The summed E-state index contributed by atoms with van der Waals surface area (Å²) >= 11 is 0. The molecule has 0 radical (unpaired) electrons. The van der Waals surface area contributed by atoms with Crippen molar-refractivity contribution in [2.45, 2.75) is 51.5 Å². The zero-order chi connectivity index (χ0) is 13.7. The van der Waals surface area contributed by atoms with Gasteiger partial charge in [0.2, 0.25) is 0 Å². The lowest BCUT2D eigenvalue weighted by molar-refractivity contribution is -0.142. The Bertz CT molecular complexity index is 423. The van der Waals surface area contributed by atoms with E-state index in [0.717, 1.165) is 38.5 Å². The number of carboxylic acid groups (broad SMARTS) is 1. The molecule has 0 atom stereocenters. The number of aliphatic carboxylic acids is 1. The molecule has 3 heteroatoms. The van der Waals surface area contributed by atoms with Crippen molar-refractivity contribution in [1.82, 2.24) is 0 Å². The van der Waals surface area contributed by atoms with Crippen molar-refractivity contribution in [2.24, 2.45) is 5.92 Å². The van der Waals surface area contributed by atoms with E-state index in [9.17, 15) is 4.79 Å². The van der Waals surface area contributed by atoms with Gasteiger partial charge in [-0.3, -0.25) is 4.79 Å². The van der Waals surface area contributed by atoms with Gasteiger partial charge in [0, 0.05) is 11.7 Å². The second kappa shape index (κ2) is 6.60. The highest BCUT2D eigenvalue weighted by molar-refractivity contribution is 5.70. The van der Waals surface area contributed by atoms with Crippen molar-refractivity contribution in [2.75, 3.05) is 5.32 Å². The molecule has 1 aromatic carbocycles. The molecule has 0 bridgehead atoms. The van der Waals surface area contributed by atoms with Gasteiger partial charge >= 0.3 is 5.97 Å². The lowest BCUT2D eigenvalue weighted by Crippen LogP contribution is -2.29. The van der Waals surface area contributed by atoms with Gasteiger partial charge in [-0.25, -0.2) is 0 Å². The van der Waals surface area contributed by atoms with Crippen LogP contribution in [0, 0.1) is 5.92 Å². The lowest BCUT2D eigenvalue weighted by Gasteiger charge is -2.28. The van der Waals surface area contributed by atoms with Gasteiger partial charge in [-0.15, -0.1) is 0 Å². The average molecular weight is 261 g/mol. The topological polar surface area (TPSA) is 49.3 Å². The molecule has 0 aliphatic heterocycles. The maximum absolute atomic E-state index is 10.9. The van der Waals surface area contributed by atoms with E-state index in [2.05, 4.69) is 36.5 Å². The van der Waals surface area contributed by atoms with Crippen LogP contribution in [0.1, 0.15) is 44.6 Å². The Morgan fingerprint density at radius 1 is 1.26 bits per heavy atom. The van der Waals surface area contributed by atoms with Gasteiger partial charge in [-0.2, -0.15) is 0 Å². The summed E-state index contributed by atoms with van der Waals surface area (Å²) in [5.74, 6) is -0.770. The molecule has 0 unspecified atom stereocenters. The second-order valence-corrected chi connectivity index (χ2v) is 5.44. The molecule has 104 valence electrons. The fraction of sp³-hybridized carbons (Fsp3) is 0.562. The summed E-state index contributed by atoms with van der Waals surface area (Å²) in [6.07, 6.45) is 5.73. The largest absolute Gasteiger partial charge is 0.481 e. The highest BCUT2D eigenvalue weighted by atomic mass is 16.4. The first-order valence-electron chi connectivity index (χ1n) is 7.28. The first-order valence-corrected chi connectivity index (χ1v) is 7.28. The van der Waals surface area contributed by atoms with Crippen molar-refractivity contribution in [1.29, 1.82) is 0 Å². The number of rotatable bonds is 5. The number of carboxylic acids is 1. The minimum absolute atomic E-state index is 0.135. The van der Waals surface area contributed by atoms with Crippen LogP contribution >= 0.6 is 0 Å². The molecule has 0 spiro atoms. The summed E-state index contributed by atoms with van der Waals surface area (Å²) in [5, 5.41) is 12.6. The Morgan fingerprint density at radius 3 is 2.58 bits per heavy atom. The summed E-state index contributed by atoms with van der Waals surface area (Å²) in [5.41, 5.74) is 2.59. The molecule has 0 saturated heterocycles. The van der Waals surface area contributed by atoms with E-state index in [1.807, 2.05) is 0 Å². The molecule has 0 heterocycles. The van der Waals surface area contributed by atoms with Gasteiger partial charge in [0.15, 0.2) is 0 Å². The van der Waals surface area contributed by atoms with E-state index in [1.54, 1.807) is 0 Å². The van der Waals surface area contributed by atoms with E-state index in [1.165, 1.54) is 11.3 Å². The molecule has 3 nitrogen and oxygen atoms in total. The van der Waals surface area contributed by atoms with Crippen LogP contribution < -0.4 is 5.32 Å². The van der Waals surface area contributed by atoms with E-state index < -0.39 is 5.97 Å². The maximum Gasteiger partial charge on any atom is 0.306 e. The average Bonchev–Trinajstić information content (AvgIpc) is 2.42. The summed E-state index contributed by atoms with van der Waals surface area (Å²) in [6.45, 7) is 2.19. The minimum Gasteiger partial charge on any atom is -0.481 e. The monoisotopic (exact) mass is 261 g/mol. The van der Waals surface area contributed by atoms with Gasteiger partial charge < -0.3 is 10.4 Å². The summed E-state index contributed by atoms with van der Waals surface area (Å²) in [6, 6.07) is 8.87. The molecule has 0 amide bonds. The third kappa shape index (κ3) is 3.72. The number of hydrogen-bond donors (Lipinski definition) is 2. The van der Waals surface area contributed by atoms with Crippen LogP contribution in [0.2, 0.25) is 0 Å². The Kier molecular flexibility index (Phi) is 4.83. The van der Waals surface area contributed by atoms with Gasteiger partial charge in [0.25, 0.3) is 0 Å². The van der Waals surface area contributed by atoms with Crippen LogP contribution in [0.5, 0.6) is 0 Å².